The molecule has 146 valence electrons. The van der Waals surface area contributed by atoms with Crippen molar-refractivity contribution in [2.45, 2.75) is 13.3 Å². The molecule has 1 aromatic carbocycles. The first-order chi connectivity index (χ1) is 14.2. The summed E-state index contributed by atoms with van der Waals surface area (Å²) >= 11 is 0. The number of imidazole rings is 1. The first-order valence-corrected chi connectivity index (χ1v) is 9.46. The highest BCUT2D eigenvalue weighted by Gasteiger charge is 2.10. The Morgan fingerprint density at radius 1 is 1.14 bits per heavy atom. The van der Waals surface area contributed by atoms with Gasteiger partial charge in [-0.15, -0.1) is 0 Å². The van der Waals surface area contributed by atoms with Crippen molar-refractivity contribution in [3.8, 4) is 11.3 Å². The second-order valence-electron chi connectivity index (χ2n) is 6.65. The fourth-order valence-electron chi connectivity index (χ4n) is 3.15. The molecule has 4 aromatic rings. The molecule has 0 atom stereocenters. The molecule has 29 heavy (non-hydrogen) atoms. The predicted molar refractivity (Wildman–Crippen MR) is 114 cm³/mol. The number of nitrogens with one attached hydrogen (secondary N) is 3. The number of carbonyl (C=O) groups is 1. The van der Waals surface area contributed by atoms with E-state index in [4.69, 9.17) is 0 Å². The van der Waals surface area contributed by atoms with Gasteiger partial charge < -0.3 is 15.6 Å². The Morgan fingerprint density at radius 2 is 1.97 bits per heavy atom. The van der Waals surface area contributed by atoms with Crippen LogP contribution in [0.3, 0.4) is 0 Å². The molecule has 0 saturated carbocycles. The molecule has 1 amide bonds. The van der Waals surface area contributed by atoms with Crippen molar-refractivity contribution in [1.29, 1.82) is 0 Å². The van der Waals surface area contributed by atoms with E-state index < -0.39 is 0 Å². The molecule has 0 aliphatic heterocycles. The van der Waals surface area contributed by atoms with E-state index in [0.29, 0.717) is 12.1 Å². The van der Waals surface area contributed by atoms with Gasteiger partial charge in [0, 0.05) is 48.0 Å². The Kier molecular flexibility index (Phi) is 5.11. The lowest BCUT2D eigenvalue weighted by Crippen LogP contribution is -2.23. The van der Waals surface area contributed by atoms with E-state index in [1.807, 2.05) is 47.9 Å². The standard InChI is InChI=1S/C22H21N5O2/c1-2-10-25-22(29)15-3-5-17(6-4-15)26-18-7-8-19(27-13-12-24-21(18)27)16-9-11-23-20(28)14-16/h3-9,11-14,26H,2,10H2,1H3,(H,23,28)(H,25,29). The number of hydrogen-bond donors (Lipinski definition) is 3. The Bertz CT molecular complexity index is 1210. The molecule has 0 spiro atoms. The van der Waals surface area contributed by atoms with Gasteiger partial charge >= 0.3 is 0 Å². The summed E-state index contributed by atoms with van der Waals surface area (Å²) in [6.45, 7) is 2.68. The Balaban J connectivity index is 1.61. The molecule has 7 nitrogen and oxygen atoms in total. The zero-order valence-electron chi connectivity index (χ0n) is 16.0. The largest absolute Gasteiger partial charge is 0.352 e. The number of aromatic nitrogens is 3. The summed E-state index contributed by atoms with van der Waals surface area (Å²) in [4.78, 5) is 30.8. The van der Waals surface area contributed by atoms with E-state index in [1.165, 1.54) is 0 Å². The van der Waals surface area contributed by atoms with Crippen molar-refractivity contribution in [1.82, 2.24) is 19.7 Å². The fourth-order valence-corrected chi connectivity index (χ4v) is 3.15. The first kappa shape index (κ1) is 18.5. The monoisotopic (exact) mass is 387 g/mol. The smallest absolute Gasteiger partial charge is 0.251 e. The Morgan fingerprint density at radius 3 is 2.72 bits per heavy atom. The van der Waals surface area contributed by atoms with E-state index >= 15 is 0 Å². The molecule has 7 heteroatoms. The van der Waals surface area contributed by atoms with Crippen LogP contribution in [0, 0.1) is 0 Å². The summed E-state index contributed by atoms with van der Waals surface area (Å²) in [6, 6.07) is 14.6. The number of anilines is 2. The van der Waals surface area contributed by atoms with Gasteiger partial charge in [-0.05, 0) is 48.9 Å². The number of hydrogen-bond acceptors (Lipinski definition) is 4. The molecule has 4 rings (SSSR count). The number of aromatic amines is 1. The highest BCUT2D eigenvalue weighted by atomic mass is 16.1. The highest BCUT2D eigenvalue weighted by molar-refractivity contribution is 5.94. The molecule has 0 fully saturated rings. The number of pyridine rings is 2. The second kappa shape index (κ2) is 8.02. The normalized spacial score (nSPS) is 10.8. The van der Waals surface area contributed by atoms with Gasteiger partial charge in [0.05, 0.1) is 11.4 Å². The molecule has 0 radical (unpaired) electrons. The average molecular weight is 387 g/mol. The van der Waals surface area contributed by atoms with Gasteiger partial charge in [-0.3, -0.25) is 14.0 Å². The highest BCUT2D eigenvalue weighted by Crippen LogP contribution is 2.26. The molecular formula is C22H21N5O2. The third-order valence-electron chi connectivity index (χ3n) is 4.58. The van der Waals surface area contributed by atoms with Crippen molar-refractivity contribution in [3.05, 3.63) is 83.0 Å². The fraction of sp³-hybridized carbons (Fsp3) is 0.136. The molecule has 0 unspecified atom stereocenters. The van der Waals surface area contributed by atoms with Gasteiger partial charge in [-0.25, -0.2) is 4.98 Å². The first-order valence-electron chi connectivity index (χ1n) is 9.46. The lowest BCUT2D eigenvalue weighted by atomic mass is 10.1. The van der Waals surface area contributed by atoms with E-state index in [2.05, 4.69) is 20.6 Å². The maximum atomic E-state index is 12.0. The number of carbonyl (C=O) groups excluding carboxylic acids is 1. The average Bonchev–Trinajstić information content (AvgIpc) is 3.23. The van der Waals surface area contributed by atoms with Gasteiger partial charge in [0.2, 0.25) is 5.56 Å². The summed E-state index contributed by atoms with van der Waals surface area (Å²) in [5.41, 5.74) is 4.58. The Labute approximate surface area is 167 Å². The van der Waals surface area contributed by atoms with E-state index in [0.717, 1.165) is 34.7 Å². The number of rotatable bonds is 6. The van der Waals surface area contributed by atoms with Gasteiger partial charge in [0.15, 0.2) is 5.65 Å². The van der Waals surface area contributed by atoms with Crippen LogP contribution in [0.2, 0.25) is 0 Å². The van der Waals surface area contributed by atoms with Gasteiger partial charge in [0.1, 0.15) is 0 Å². The number of fused-ring (bicyclic) bond motifs is 1. The summed E-state index contributed by atoms with van der Waals surface area (Å²) in [5.74, 6) is -0.0729. The quantitative estimate of drug-likeness (QED) is 0.472. The van der Waals surface area contributed by atoms with Crippen LogP contribution < -0.4 is 16.2 Å². The molecule has 3 heterocycles. The van der Waals surface area contributed by atoms with Crippen molar-refractivity contribution in [2.24, 2.45) is 0 Å². The van der Waals surface area contributed by atoms with Crippen LogP contribution >= 0.6 is 0 Å². The van der Waals surface area contributed by atoms with Gasteiger partial charge in [0.25, 0.3) is 5.91 Å². The summed E-state index contributed by atoms with van der Waals surface area (Å²) < 4.78 is 1.93. The molecular weight excluding hydrogens is 366 g/mol. The minimum Gasteiger partial charge on any atom is -0.352 e. The van der Waals surface area contributed by atoms with Crippen LogP contribution in [0.15, 0.2) is 71.9 Å². The maximum absolute atomic E-state index is 12.0. The minimum absolute atomic E-state index is 0.0729. The lowest BCUT2D eigenvalue weighted by Gasteiger charge is -2.12. The zero-order chi connectivity index (χ0) is 20.2. The second-order valence-corrected chi connectivity index (χ2v) is 6.65. The molecule has 3 aromatic heterocycles. The van der Waals surface area contributed by atoms with Crippen molar-refractivity contribution in [3.63, 3.8) is 0 Å². The van der Waals surface area contributed by atoms with Crippen LogP contribution in [0.25, 0.3) is 16.9 Å². The van der Waals surface area contributed by atoms with E-state index in [-0.39, 0.29) is 11.5 Å². The third-order valence-corrected chi connectivity index (χ3v) is 4.58. The summed E-state index contributed by atoms with van der Waals surface area (Å²) in [7, 11) is 0. The van der Waals surface area contributed by atoms with E-state index in [9.17, 15) is 9.59 Å². The van der Waals surface area contributed by atoms with Gasteiger partial charge in [-0.2, -0.15) is 0 Å². The molecule has 0 bridgehead atoms. The van der Waals surface area contributed by atoms with Crippen LogP contribution in [-0.4, -0.2) is 26.8 Å². The molecule has 0 aliphatic carbocycles. The summed E-state index contributed by atoms with van der Waals surface area (Å²) in [6.07, 6.45) is 6.11. The topological polar surface area (TPSA) is 91.3 Å². The van der Waals surface area contributed by atoms with Crippen LogP contribution in [0.5, 0.6) is 0 Å². The maximum Gasteiger partial charge on any atom is 0.251 e. The third kappa shape index (κ3) is 3.89. The van der Waals surface area contributed by atoms with Gasteiger partial charge in [-0.1, -0.05) is 6.92 Å². The van der Waals surface area contributed by atoms with Crippen LogP contribution in [0.4, 0.5) is 11.4 Å². The number of H-pyrrole nitrogens is 1. The predicted octanol–water partition coefficient (Wildman–Crippen LogP) is 3.57. The minimum atomic E-state index is -0.152. The van der Waals surface area contributed by atoms with Crippen molar-refractivity contribution >= 4 is 22.9 Å². The van der Waals surface area contributed by atoms with Crippen LogP contribution in [-0.2, 0) is 0 Å². The van der Waals surface area contributed by atoms with Crippen molar-refractivity contribution < 1.29 is 4.79 Å². The summed E-state index contributed by atoms with van der Waals surface area (Å²) in [5, 5.41) is 6.22. The van der Waals surface area contributed by atoms with Crippen LogP contribution in [0.1, 0.15) is 23.7 Å². The number of benzene rings is 1. The number of amides is 1. The Hall–Kier alpha value is -3.87. The SMILES string of the molecule is CCCNC(=O)c1ccc(Nc2ccc(-c3cc[nH]c(=O)c3)n3ccnc23)cc1. The lowest BCUT2D eigenvalue weighted by molar-refractivity contribution is 0.0953. The van der Waals surface area contributed by atoms with E-state index in [1.54, 1.807) is 30.6 Å². The molecule has 0 saturated heterocycles. The van der Waals surface area contributed by atoms with Crippen molar-refractivity contribution in [2.75, 3.05) is 11.9 Å². The molecule has 3 N–H and O–H groups in total. The zero-order valence-corrected chi connectivity index (χ0v) is 16.0. The molecule has 0 aliphatic rings. The number of nitrogens with zero attached hydrogens (tertiary/aromatic N) is 2.